The summed E-state index contributed by atoms with van der Waals surface area (Å²) < 4.78 is 11.1. The Bertz CT molecular complexity index is 1170. The van der Waals surface area contributed by atoms with Gasteiger partial charge in [0.15, 0.2) is 0 Å². The smallest absolute Gasteiger partial charge is 0.412 e. The van der Waals surface area contributed by atoms with Gasteiger partial charge in [-0.05, 0) is 66.4 Å². The molecule has 188 valence electrons. The van der Waals surface area contributed by atoms with E-state index in [4.69, 9.17) is 20.3 Å². The summed E-state index contributed by atoms with van der Waals surface area (Å²) in [6.07, 6.45) is 3.97. The first-order valence-electron chi connectivity index (χ1n) is 11.3. The summed E-state index contributed by atoms with van der Waals surface area (Å²) in [4.78, 5) is 26.0. The number of nitrogens with one attached hydrogen (secondary N) is 2. The summed E-state index contributed by atoms with van der Waals surface area (Å²) in [5.41, 5.74) is 8.18. The number of aliphatic hydroxyl groups is 1. The van der Waals surface area contributed by atoms with Crippen molar-refractivity contribution in [2.45, 2.75) is 17.4 Å². The first-order chi connectivity index (χ1) is 17.5. The highest BCUT2D eigenvalue weighted by Gasteiger charge is 2.17. The van der Waals surface area contributed by atoms with Crippen LogP contribution in [0.4, 0.5) is 21.9 Å². The molecule has 0 saturated heterocycles. The third-order valence-corrected chi connectivity index (χ3v) is 5.78. The average Bonchev–Trinajstić information content (AvgIpc) is 2.89. The van der Waals surface area contributed by atoms with Crippen molar-refractivity contribution in [2.75, 3.05) is 35.8 Å². The van der Waals surface area contributed by atoms with E-state index in [2.05, 4.69) is 10.6 Å². The van der Waals surface area contributed by atoms with Gasteiger partial charge in [-0.15, -0.1) is 11.8 Å². The number of para-hydroxylation sites is 2. The molecule has 2 amide bonds. The quantitative estimate of drug-likeness (QED) is 0.159. The maximum Gasteiger partial charge on any atom is 0.412 e. The van der Waals surface area contributed by atoms with Crippen LogP contribution in [0.15, 0.2) is 89.8 Å². The van der Waals surface area contributed by atoms with E-state index in [-0.39, 0.29) is 25.5 Å². The van der Waals surface area contributed by atoms with E-state index in [1.807, 2.05) is 18.4 Å². The fraction of sp³-hybridized carbons (Fsp3) is 0.185. The molecule has 3 aromatic rings. The second-order valence-corrected chi connectivity index (χ2v) is 8.48. The number of thioether (sulfide) groups is 1. The van der Waals surface area contributed by atoms with E-state index >= 15 is 0 Å². The van der Waals surface area contributed by atoms with Gasteiger partial charge in [0.2, 0.25) is 5.91 Å². The zero-order valence-corrected chi connectivity index (χ0v) is 20.7. The van der Waals surface area contributed by atoms with Crippen LogP contribution in [-0.2, 0) is 9.53 Å². The first kappa shape index (κ1) is 26.7. The molecule has 1 atom stereocenters. The Balaban J connectivity index is 1.68. The predicted octanol–water partition coefficient (Wildman–Crippen LogP) is 5.24. The lowest BCUT2D eigenvalue weighted by Crippen LogP contribution is -2.17. The lowest BCUT2D eigenvalue weighted by Gasteiger charge is -2.18. The molecule has 0 bridgehead atoms. The second kappa shape index (κ2) is 13.8. The maximum atomic E-state index is 12.6. The molecule has 8 nitrogen and oxygen atoms in total. The van der Waals surface area contributed by atoms with Crippen LogP contribution in [0.5, 0.6) is 5.75 Å². The number of carbonyl (C=O) groups is 2. The van der Waals surface area contributed by atoms with Gasteiger partial charge in [0.05, 0.1) is 18.0 Å². The number of rotatable bonds is 11. The van der Waals surface area contributed by atoms with Gasteiger partial charge in [0, 0.05) is 17.0 Å². The fourth-order valence-electron chi connectivity index (χ4n) is 3.23. The van der Waals surface area contributed by atoms with E-state index in [0.29, 0.717) is 22.8 Å². The Morgan fingerprint density at radius 1 is 1.03 bits per heavy atom. The van der Waals surface area contributed by atoms with Gasteiger partial charge < -0.3 is 25.6 Å². The molecule has 0 saturated carbocycles. The van der Waals surface area contributed by atoms with Crippen LogP contribution in [0, 0.1) is 0 Å². The van der Waals surface area contributed by atoms with Crippen LogP contribution in [0.25, 0.3) is 0 Å². The molecule has 3 rings (SSSR count). The number of ether oxygens (including phenoxy) is 2. The number of hydrogen-bond donors (Lipinski definition) is 4. The summed E-state index contributed by atoms with van der Waals surface area (Å²) in [5.74, 6) is 0.234. The predicted molar refractivity (Wildman–Crippen MR) is 143 cm³/mol. The number of amides is 2. The lowest BCUT2D eigenvalue weighted by molar-refractivity contribution is -0.111. The summed E-state index contributed by atoms with van der Waals surface area (Å²) in [7, 11) is 0. The van der Waals surface area contributed by atoms with E-state index in [9.17, 15) is 9.59 Å². The maximum absolute atomic E-state index is 12.6. The van der Waals surface area contributed by atoms with Crippen LogP contribution in [0.3, 0.4) is 0 Å². The topological polar surface area (TPSA) is 123 Å². The van der Waals surface area contributed by atoms with Crippen molar-refractivity contribution in [1.29, 1.82) is 0 Å². The first-order valence-corrected chi connectivity index (χ1v) is 12.5. The van der Waals surface area contributed by atoms with Crippen molar-refractivity contribution >= 4 is 40.8 Å². The molecule has 0 aliphatic rings. The lowest BCUT2D eigenvalue weighted by atomic mass is 10.1. The van der Waals surface area contributed by atoms with E-state index in [1.165, 1.54) is 6.08 Å². The largest absolute Gasteiger partial charge is 0.491 e. The molecular weight excluding hydrogens is 478 g/mol. The highest BCUT2D eigenvalue weighted by molar-refractivity contribution is 7.98. The van der Waals surface area contributed by atoms with Crippen molar-refractivity contribution in [3.8, 4) is 5.75 Å². The molecule has 0 aliphatic carbocycles. The van der Waals surface area contributed by atoms with Crippen LogP contribution in [0.2, 0.25) is 0 Å². The molecule has 0 heterocycles. The van der Waals surface area contributed by atoms with Gasteiger partial charge in [0.25, 0.3) is 0 Å². The molecule has 0 spiro atoms. The minimum atomic E-state index is -0.659. The van der Waals surface area contributed by atoms with E-state index < -0.39 is 12.2 Å². The van der Waals surface area contributed by atoms with Gasteiger partial charge in [-0.3, -0.25) is 10.1 Å². The zero-order valence-electron chi connectivity index (χ0n) is 19.8. The third kappa shape index (κ3) is 8.37. The Labute approximate surface area is 214 Å². The van der Waals surface area contributed by atoms with Gasteiger partial charge in [-0.1, -0.05) is 30.3 Å². The van der Waals surface area contributed by atoms with Crippen molar-refractivity contribution in [1.82, 2.24) is 0 Å². The summed E-state index contributed by atoms with van der Waals surface area (Å²) in [6.45, 7) is 0.0911. The van der Waals surface area contributed by atoms with Gasteiger partial charge in [-0.2, -0.15) is 0 Å². The SMILES string of the molecule is CSc1ccc(NC(=O)O[C@@H](C/C=C/C(=O)Nc2ccccc2N)c2ccc(OCCO)cc2)cc1. The van der Waals surface area contributed by atoms with E-state index in [0.717, 1.165) is 10.5 Å². The number of benzene rings is 3. The zero-order chi connectivity index (χ0) is 25.8. The summed E-state index contributed by atoms with van der Waals surface area (Å²) >= 11 is 1.61. The normalized spacial score (nSPS) is 11.6. The number of carbonyl (C=O) groups excluding carboxylic acids is 2. The van der Waals surface area contributed by atoms with Gasteiger partial charge >= 0.3 is 6.09 Å². The molecule has 0 radical (unpaired) electrons. The molecule has 0 unspecified atom stereocenters. The molecule has 9 heteroatoms. The van der Waals surface area contributed by atoms with E-state index in [1.54, 1.807) is 78.5 Å². The molecule has 36 heavy (non-hydrogen) atoms. The van der Waals surface area contributed by atoms with Crippen LogP contribution in [-0.4, -0.2) is 36.6 Å². The van der Waals surface area contributed by atoms with Crippen molar-refractivity contribution < 1.29 is 24.2 Å². The summed E-state index contributed by atoms with van der Waals surface area (Å²) in [5, 5.41) is 14.4. The number of anilines is 3. The number of aliphatic hydroxyl groups excluding tert-OH is 1. The minimum Gasteiger partial charge on any atom is -0.491 e. The Hall–Kier alpha value is -3.95. The van der Waals surface area contributed by atoms with Crippen molar-refractivity contribution in [3.63, 3.8) is 0 Å². The molecular formula is C27H29N3O5S. The van der Waals surface area contributed by atoms with Crippen LogP contribution < -0.4 is 21.1 Å². The third-order valence-electron chi connectivity index (χ3n) is 5.04. The standard InChI is InChI=1S/C27H29N3O5S/c1-36-22-15-11-20(12-16-22)29-27(33)35-25(19-9-13-21(14-10-19)34-18-17-31)7-4-8-26(32)30-24-6-3-2-5-23(24)28/h2-6,8-16,25,31H,7,17-18,28H2,1H3,(H,29,33)(H,30,32)/b8-4+/t25-/m0/s1. The Morgan fingerprint density at radius 2 is 1.75 bits per heavy atom. The molecule has 0 aliphatic heterocycles. The molecule has 3 aromatic carbocycles. The number of nitrogens with two attached hydrogens (primary N) is 1. The Kier molecular flexibility index (Phi) is 10.2. The van der Waals surface area contributed by atoms with Crippen molar-refractivity contribution in [2.24, 2.45) is 0 Å². The van der Waals surface area contributed by atoms with Crippen molar-refractivity contribution in [3.05, 3.63) is 90.5 Å². The highest BCUT2D eigenvalue weighted by atomic mass is 32.2. The molecule has 0 aromatic heterocycles. The number of nitrogen functional groups attached to an aromatic ring is 1. The minimum absolute atomic E-state index is 0.0902. The monoisotopic (exact) mass is 507 g/mol. The summed E-state index contributed by atoms with van der Waals surface area (Å²) in [6, 6.07) is 21.4. The fourth-order valence-corrected chi connectivity index (χ4v) is 3.64. The highest BCUT2D eigenvalue weighted by Crippen LogP contribution is 2.26. The molecule has 0 fully saturated rings. The average molecular weight is 508 g/mol. The van der Waals surface area contributed by atoms with Crippen LogP contribution in [0.1, 0.15) is 18.1 Å². The van der Waals surface area contributed by atoms with Gasteiger partial charge in [0.1, 0.15) is 18.5 Å². The molecule has 5 N–H and O–H groups in total. The van der Waals surface area contributed by atoms with Crippen LogP contribution >= 0.6 is 11.8 Å². The second-order valence-electron chi connectivity index (χ2n) is 7.60. The number of hydrogen-bond acceptors (Lipinski definition) is 7. The van der Waals surface area contributed by atoms with Gasteiger partial charge in [-0.25, -0.2) is 4.79 Å². The Morgan fingerprint density at radius 3 is 2.42 bits per heavy atom.